The van der Waals surface area contributed by atoms with Crippen LogP contribution in [0.5, 0.6) is 0 Å². The zero-order chi connectivity index (χ0) is 23.4. The summed E-state index contributed by atoms with van der Waals surface area (Å²) < 4.78 is 137. The number of nitro groups is 1. The van der Waals surface area contributed by atoms with Crippen LogP contribution in [-0.4, -0.2) is 9.91 Å². The van der Waals surface area contributed by atoms with Gasteiger partial charge in [-0.15, -0.1) is 0 Å². The van der Waals surface area contributed by atoms with Crippen LogP contribution < -0.4 is 0 Å². The molecule has 1 heterocycles. The molecule has 0 saturated carbocycles. The summed E-state index contributed by atoms with van der Waals surface area (Å²) in [5, 5.41) is 11.5. The molecule has 3 rings (SSSR count). The van der Waals surface area contributed by atoms with E-state index in [0.717, 1.165) is 0 Å². The molecule has 3 aromatic rings. The van der Waals surface area contributed by atoms with Crippen molar-refractivity contribution in [1.29, 1.82) is 0 Å². The van der Waals surface area contributed by atoms with E-state index in [4.69, 9.17) is 0 Å². The number of pyridine rings is 1. The van der Waals surface area contributed by atoms with Gasteiger partial charge < -0.3 is 0 Å². The number of aromatic nitrogens is 1. The van der Waals surface area contributed by atoms with Gasteiger partial charge in [0.2, 0.25) is 11.6 Å². The Bertz CT molecular complexity index is 1130. The minimum atomic E-state index is -2.61. The predicted octanol–water partition coefficient (Wildman–Crippen LogP) is 5.71. The van der Waals surface area contributed by atoms with E-state index in [0.29, 0.717) is 0 Å². The highest BCUT2D eigenvalue weighted by Gasteiger charge is 2.36. The highest BCUT2D eigenvalue weighted by Crippen LogP contribution is 2.43. The second-order valence-electron chi connectivity index (χ2n) is 5.73. The quantitative estimate of drug-likeness (QED) is 0.167. The Morgan fingerprint density at radius 2 is 0.806 bits per heavy atom. The van der Waals surface area contributed by atoms with Crippen LogP contribution >= 0.6 is 0 Å². The minimum Gasteiger partial charge on any atom is -0.263 e. The second-order valence-corrected chi connectivity index (χ2v) is 5.73. The van der Waals surface area contributed by atoms with Crippen LogP contribution in [0, 0.1) is 68.3 Å². The SMILES string of the molecule is O=[N+]([O-])c1c(-c2c(F)c(F)c(F)c(F)c2F)cncc1-c1c(F)c(F)c(F)c(F)c1F. The topological polar surface area (TPSA) is 56.0 Å². The minimum absolute atomic E-state index is 0.214. The third-order valence-corrected chi connectivity index (χ3v) is 4.06. The van der Waals surface area contributed by atoms with E-state index >= 15 is 0 Å². The monoisotopic (exact) mass is 456 g/mol. The van der Waals surface area contributed by atoms with Gasteiger partial charge in [-0.3, -0.25) is 15.1 Å². The van der Waals surface area contributed by atoms with Gasteiger partial charge in [-0.05, 0) is 0 Å². The zero-order valence-electron chi connectivity index (χ0n) is 14.1. The van der Waals surface area contributed by atoms with Crippen molar-refractivity contribution in [2.24, 2.45) is 0 Å². The van der Waals surface area contributed by atoms with Gasteiger partial charge >= 0.3 is 0 Å². The van der Waals surface area contributed by atoms with Crippen molar-refractivity contribution in [2.75, 3.05) is 0 Å². The van der Waals surface area contributed by atoms with Crippen molar-refractivity contribution in [2.45, 2.75) is 0 Å². The Hall–Kier alpha value is -3.71. The molecule has 14 heteroatoms. The summed E-state index contributed by atoms with van der Waals surface area (Å²) in [4.78, 5) is 13.1. The maximum atomic E-state index is 14.1. The smallest absolute Gasteiger partial charge is 0.263 e. The summed E-state index contributed by atoms with van der Waals surface area (Å²) >= 11 is 0. The van der Waals surface area contributed by atoms with Crippen molar-refractivity contribution in [1.82, 2.24) is 4.98 Å². The highest BCUT2D eigenvalue weighted by molar-refractivity contribution is 5.86. The van der Waals surface area contributed by atoms with Crippen molar-refractivity contribution >= 4 is 5.69 Å². The summed E-state index contributed by atoms with van der Waals surface area (Å²) in [6.07, 6.45) is 0.428. The van der Waals surface area contributed by atoms with E-state index in [9.17, 15) is 54.0 Å². The van der Waals surface area contributed by atoms with Crippen LogP contribution in [-0.2, 0) is 0 Å². The van der Waals surface area contributed by atoms with E-state index < -0.39 is 91.0 Å². The number of nitrogens with zero attached hydrogens (tertiary/aromatic N) is 2. The van der Waals surface area contributed by atoms with Crippen molar-refractivity contribution in [3.63, 3.8) is 0 Å². The van der Waals surface area contributed by atoms with Gasteiger partial charge in [0.15, 0.2) is 46.5 Å². The fourth-order valence-electron chi connectivity index (χ4n) is 2.70. The lowest BCUT2D eigenvalue weighted by molar-refractivity contribution is -0.383. The van der Waals surface area contributed by atoms with E-state index in [1.54, 1.807) is 0 Å². The first kappa shape index (κ1) is 22.0. The van der Waals surface area contributed by atoms with Crippen molar-refractivity contribution < 1.29 is 48.8 Å². The molecule has 0 amide bonds. The molecule has 162 valence electrons. The predicted molar refractivity (Wildman–Crippen MR) is 81.3 cm³/mol. The molecule has 31 heavy (non-hydrogen) atoms. The van der Waals surface area contributed by atoms with Gasteiger partial charge in [0.05, 0.1) is 27.2 Å². The third-order valence-electron chi connectivity index (χ3n) is 4.06. The van der Waals surface area contributed by atoms with Gasteiger partial charge in [0, 0.05) is 12.4 Å². The van der Waals surface area contributed by atoms with Gasteiger partial charge in [-0.25, -0.2) is 43.9 Å². The lowest BCUT2D eigenvalue weighted by Gasteiger charge is -2.12. The van der Waals surface area contributed by atoms with E-state index in [-0.39, 0.29) is 12.4 Å². The molecule has 4 nitrogen and oxygen atoms in total. The molecule has 0 fully saturated rings. The van der Waals surface area contributed by atoms with Gasteiger partial charge in [-0.1, -0.05) is 0 Å². The molecule has 1 aromatic heterocycles. The van der Waals surface area contributed by atoms with E-state index in [1.165, 1.54) is 0 Å². The molecule has 0 N–H and O–H groups in total. The first-order chi connectivity index (χ1) is 14.4. The van der Waals surface area contributed by atoms with Crippen LogP contribution in [0.2, 0.25) is 0 Å². The van der Waals surface area contributed by atoms with Gasteiger partial charge in [-0.2, -0.15) is 0 Å². The Balaban J connectivity index is 2.51. The molecule has 2 aromatic carbocycles. The van der Waals surface area contributed by atoms with Crippen LogP contribution in [0.15, 0.2) is 12.4 Å². The number of hydrogen-bond acceptors (Lipinski definition) is 3. The number of benzene rings is 2. The molecule has 0 spiro atoms. The molecule has 0 radical (unpaired) electrons. The molecular weight excluding hydrogens is 454 g/mol. The molecule has 0 saturated heterocycles. The van der Waals surface area contributed by atoms with Gasteiger partial charge in [0.1, 0.15) is 0 Å². The Labute approximate surface area is 163 Å². The highest BCUT2D eigenvalue weighted by atomic mass is 19.2. The molecule has 0 aliphatic heterocycles. The fourth-order valence-corrected chi connectivity index (χ4v) is 2.70. The fraction of sp³-hybridized carbons (Fsp3) is 0. The molecule has 0 atom stereocenters. The third kappa shape index (κ3) is 3.14. The zero-order valence-corrected chi connectivity index (χ0v) is 14.1. The largest absolute Gasteiger partial charge is 0.288 e. The van der Waals surface area contributed by atoms with Crippen LogP contribution in [0.25, 0.3) is 22.3 Å². The van der Waals surface area contributed by atoms with Crippen LogP contribution in [0.4, 0.5) is 49.6 Å². The summed E-state index contributed by atoms with van der Waals surface area (Å²) in [5.41, 5.74) is -8.48. The van der Waals surface area contributed by atoms with E-state index in [2.05, 4.69) is 4.98 Å². The molecule has 0 aliphatic carbocycles. The molecule has 0 aliphatic rings. The van der Waals surface area contributed by atoms with Gasteiger partial charge in [0.25, 0.3) is 5.69 Å². The lowest BCUT2D eigenvalue weighted by Crippen LogP contribution is -2.08. The maximum Gasteiger partial charge on any atom is 0.288 e. The average Bonchev–Trinajstić information content (AvgIpc) is 2.73. The van der Waals surface area contributed by atoms with Crippen LogP contribution in [0.1, 0.15) is 0 Å². The first-order valence-electron chi connectivity index (χ1n) is 7.57. The molecule has 0 unspecified atom stereocenters. The van der Waals surface area contributed by atoms with Crippen LogP contribution in [0.3, 0.4) is 0 Å². The standard InChI is InChI=1S/C17H2F10N2O2/c18-7-5(8(19)12(23)15(26)11(7)22)3-1-28-2-4(17(3)29(30)31)6-9(20)13(24)16(27)14(25)10(6)21/h1-2H. The Morgan fingerprint density at radius 3 is 1.06 bits per heavy atom. The summed E-state index contributed by atoms with van der Waals surface area (Å²) in [6, 6.07) is 0. The Kier molecular flexibility index (Phi) is 5.33. The molecular formula is C17H2F10N2O2. The van der Waals surface area contributed by atoms with Crippen molar-refractivity contribution in [3.05, 3.63) is 80.7 Å². The normalized spacial score (nSPS) is 11.2. The van der Waals surface area contributed by atoms with E-state index in [1.807, 2.05) is 0 Å². The van der Waals surface area contributed by atoms with Crippen molar-refractivity contribution in [3.8, 4) is 22.3 Å². The number of halogens is 10. The second kappa shape index (κ2) is 7.52. The summed E-state index contributed by atoms with van der Waals surface area (Å²) in [7, 11) is 0. The maximum absolute atomic E-state index is 14.1. The number of rotatable bonds is 3. The summed E-state index contributed by atoms with van der Waals surface area (Å²) in [5.74, 6) is -25.5. The number of hydrogen-bond donors (Lipinski definition) is 0. The average molecular weight is 456 g/mol. The molecule has 0 bridgehead atoms. The summed E-state index contributed by atoms with van der Waals surface area (Å²) in [6.45, 7) is 0. The Morgan fingerprint density at radius 1 is 0.548 bits per heavy atom. The first-order valence-corrected chi connectivity index (χ1v) is 7.57. The lowest BCUT2D eigenvalue weighted by atomic mass is 9.97.